The van der Waals surface area contributed by atoms with Crippen molar-refractivity contribution >= 4 is 0 Å². The molecule has 4 heteroatoms. The van der Waals surface area contributed by atoms with E-state index in [1.54, 1.807) is 0 Å². The molecule has 1 aromatic rings. The molecule has 0 aromatic heterocycles. The summed E-state index contributed by atoms with van der Waals surface area (Å²) in [5.74, 6) is -2.44. The van der Waals surface area contributed by atoms with Crippen molar-refractivity contribution in [2.75, 3.05) is 6.54 Å². The van der Waals surface area contributed by atoms with Crippen LogP contribution in [0.2, 0.25) is 0 Å². The molecular weight excluding hydrogens is 275 g/mol. The topological polar surface area (TPSA) is 12.0 Å². The van der Waals surface area contributed by atoms with Crippen molar-refractivity contribution < 1.29 is 13.2 Å². The van der Waals surface area contributed by atoms with Crippen molar-refractivity contribution in [3.05, 3.63) is 35.1 Å². The van der Waals surface area contributed by atoms with Crippen molar-refractivity contribution in [2.24, 2.45) is 5.92 Å². The van der Waals surface area contributed by atoms with E-state index < -0.39 is 5.92 Å². The summed E-state index contributed by atoms with van der Waals surface area (Å²) < 4.78 is 39.8. The van der Waals surface area contributed by atoms with Crippen LogP contribution in [0.1, 0.15) is 43.7 Å². The molecule has 0 amide bonds. The van der Waals surface area contributed by atoms with E-state index >= 15 is 0 Å². The molecule has 0 radical (unpaired) electrons. The van der Waals surface area contributed by atoms with E-state index in [-0.39, 0.29) is 30.6 Å². The van der Waals surface area contributed by atoms with E-state index in [4.69, 9.17) is 0 Å². The average molecular weight is 299 g/mol. The predicted octanol–water partition coefficient (Wildman–Crippen LogP) is 4.48. The SMILES string of the molecule is CCNC(Cc1ccc(F)cc1C)C1CCC(F)(F)CC1. The van der Waals surface area contributed by atoms with E-state index in [0.717, 1.165) is 24.1 Å². The lowest BCUT2D eigenvalue weighted by Gasteiger charge is -2.34. The highest BCUT2D eigenvalue weighted by molar-refractivity contribution is 5.27. The molecule has 1 aliphatic rings. The molecule has 1 saturated carbocycles. The van der Waals surface area contributed by atoms with E-state index in [1.165, 1.54) is 12.1 Å². The molecule has 118 valence electrons. The number of halogens is 3. The number of alkyl halides is 2. The minimum atomic E-state index is -2.49. The molecule has 0 bridgehead atoms. The van der Waals surface area contributed by atoms with Gasteiger partial charge >= 0.3 is 0 Å². The number of benzene rings is 1. The third-order valence-corrected chi connectivity index (χ3v) is 4.54. The Hall–Kier alpha value is -1.03. The zero-order valence-electron chi connectivity index (χ0n) is 12.8. The van der Waals surface area contributed by atoms with Crippen LogP contribution in [0.4, 0.5) is 13.2 Å². The van der Waals surface area contributed by atoms with Gasteiger partial charge in [-0.05, 0) is 61.9 Å². The molecule has 21 heavy (non-hydrogen) atoms. The molecule has 1 unspecified atom stereocenters. The maximum Gasteiger partial charge on any atom is 0.248 e. The zero-order valence-corrected chi connectivity index (χ0v) is 12.8. The van der Waals surface area contributed by atoms with Crippen LogP contribution in [-0.4, -0.2) is 18.5 Å². The van der Waals surface area contributed by atoms with Crippen LogP contribution < -0.4 is 5.32 Å². The lowest BCUT2D eigenvalue weighted by molar-refractivity contribution is -0.0494. The zero-order chi connectivity index (χ0) is 15.5. The molecule has 1 nitrogen and oxygen atoms in total. The lowest BCUT2D eigenvalue weighted by Crippen LogP contribution is -2.41. The normalized spacial score (nSPS) is 20.4. The van der Waals surface area contributed by atoms with Gasteiger partial charge in [-0.15, -0.1) is 0 Å². The molecule has 0 saturated heterocycles. The van der Waals surface area contributed by atoms with Crippen molar-refractivity contribution in [3.63, 3.8) is 0 Å². The van der Waals surface area contributed by atoms with Crippen molar-refractivity contribution in [2.45, 2.75) is 57.9 Å². The molecule has 1 aromatic carbocycles. The fraction of sp³-hybridized carbons (Fsp3) is 0.647. The Morgan fingerprint density at radius 1 is 1.29 bits per heavy atom. The maximum atomic E-state index is 13.3. The van der Waals surface area contributed by atoms with Gasteiger partial charge in [-0.25, -0.2) is 13.2 Å². The van der Waals surface area contributed by atoms with Gasteiger partial charge in [0.1, 0.15) is 5.82 Å². The summed E-state index contributed by atoms with van der Waals surface area (Å²) in [6.07, 6.45) is 1.87. The minimum absolute atomic E-state index is 0.0119. The highest BCUT2D eigenvalue weighted by atomic mass is 19.3. The average Bonchev–Trinajstić information content (AvgIpc) is 2.41. The third-order valence-electron chi connectivity index (χ3n) is 4.54. The maximum absolute atomic E-state index is 13.3. The summed E-state index contributed by atoms with van der Waals surface area (Å²) in [5.41, 5.74) is 2.03. The Morgan fingerprint density at radius 2 is 1.95 bits per heavy atom. The van der Waals surface area contributed by atoms with Gasteiger partial charge < -0.3 is 5.32 Å². The lowest BCUT2D eigenvalue weighted by atomic mass is 9.79. The van der Waals surface area contributed by atoms with E-state index in [1.807, 2.05) is 19.9 Å². The Balaban J connectivity index is 2.05. The van der Waals surface area contributed by atoms with Gasteiger partial charge in [-0.3, -0.25) is 0 Å². The third kappa shape index (κ3) is 4.47. The number of hydrogen-bond donors (Lipinski definition) is 1. The predicted molar refractivity (Wildman–Crippen MR) is 79.2 cm³/mol. The van der Waals surface area contributed by atoms with Crippen LogP contribution in [0, 0.1) is 18.7 Å². The largest absolute Gasteiger partial charge is 0.314 e. The molecule has 1 aliphatic carbocycles. The fourth-order valence-corrected chi connectivity index (χ4v) is 3.26. The van der Waals surface area contributed by atoms with Crippen molar-refractivity contribution in [3.8, 4) is 0 Å². The van der Waals surface area contributed by atoms with Crippen molar-refractivity contribution in [1.29, 1.82) is 0 Å². The Kier molecular flexibility index (Phi) is 5.31. The van der Waals surface area contributed by atoms with E-state index in [9.17, 15) is 13.2 Å². The van der Waals surface area contributed by atoms with E-state index in [0.29, 0.717) is 12.8 Å². The molecule has 1 N–H and O–H groups in total. The van der Waals surface area contributed by atoms with Crippen molar-refractivity contribution in [1.82, 2.24) is 5.32 Å². The molecule has 1 fully saturated rings. The Labute approximate surface area is 124 Å². The number of aryl methyl sites for hydroxylation is 1. The standard InChI is InChI=1S/C17H24F3N/c1-3-21-16(13-6-8-17(19,20)9-7-13)11-14-4-5-15(18)10-12(14)2/h4-5,10,13,16,21H,3,6-9,11H2,1-2H3. The highest BCUT2D eigenvalue weighted by Gasteiger charge is 2.37. The minimum Gasteiger partial charge on any atom is -0.314 e. The summed E-state index contributed by atoms with van der Waals surface area (Å²) in [5, 5.41) is 3.43. The monoisotopic (exact) mass is 299 g/mol. The first-order chi connectivity index (χ1) is 9.91. The molecule has 1 atom stereocenters. The quantitative estimate of drug-likeness (QED) is 0.845. The summed E-state index contributed by atoms with van der Waals surface area (Å²) in [6, 6.07) is 5.01. The number of likely N-dealkylation sites (N-methyl/N-ethyl adjacent to an activating group) is 1. The van der Waals surface area contributed by atoms with Crippen LogP contribution in [-0.2, 0) is 6.42 Å². The first-order valence-electron chi connectivity index (χ1n) is 7.77. The summed E-state index contributed by atoms with van der Waals surface area (Å²) in [7, 11) is 0. The first kappa shape index (κ1) is 16.3. The van der Waals surface area contributed by atoms with Gasteiger partial charge in [0.15, 0.2) is 0 Å². The summed E-state index contributed by atoms with van der Waals surface area (Å²) in [4.78, 5) is 0. The van der Waals surface area contributed by atoms with Crippen LogP contribution in [0.5, 0.6) is 0 Å². The number of rotatable bonds is 5. The summed E-state index contributed by atoms with van der Waals surface area (Å²) >= 11 is 0. The number of nitrogens with one attached hydrogen (secondary N) is 1. The van der Waals surface area contributed by atoms with Crippen LogP contribution in [0.25, 0.3) is 0 Å². The summed E-state index contributed by atoms with van der Waals surface area (Å²) in [6.45, 7) is 4.75. The second-order valence-electron chi connectivity index (χ2n) is 6.13. The van der Waals surface area contributed by atoms with Gasteiger partial charge in [-0.1, -0.05) is 13.0 Å². The van der Waals surface area contributed by atoms with Gasteiger partial charge in [0.25, 0.3) is 0 Å². The van der Waals surface area contributed by atoms with Gasteiger partial charge in [0.05, 0.1) is 0 Å². The van der Waals surface area contributed by atoms with Crippen LogP contribution in [0.3, 0.4) is 0 Å². The molecule has 2 rings (SSSR count). The molecule has 0 heterocycles. The van der Waals surface area contributed by atoms with Gasteiger partial charge in [0.2, 0.25) is 5.92 Å². The van der Waals surface area contributed by atoms with Crippen LogP contribution in [0.15, 0.2) is 18.2 Å². The molecule has 0 aliphatic heterocycles. The molecular formula is C17H24F3N. The van der Waals surface area contributed by atoms with Gasteiger partial charge in [0, 0.05) is 18.9 Å². The Bertz CT molecular complexity index is 463. The molecule has 0 spiro atoms. The second kappa shape index (κ2) is 6.82. The first-order valence-corrected chi connectivity index (χ1v) is 7.77. The smallest absolute Gasteiger partial charge is 0.248 e. The van der Waals surface area contributed by atoms with Gasteiger partial charge in [-0.2, -0.15) is 0 Å². The van der Waals surface area contributed by atoms with E-state index in [2.05, 4.69) is 5.32 Å². The second-order valence-corrected chi connectivity index (χ2v) is 6.13. The highest BCUT2D eigenvalue weighted by Crippen LogP contribution is 2.38. The number of hydrogen-bond acceptors (Lipinski definition) is 1. The van der Waals surface area contributed by atoms with Crippen LogP contribution >= 0.6 is 0 Å². The Morgan fingerprint density at radius 3 is 2.52 bits per heavy atom. The fourth-order valence-electron chi connectivity index (χ4n) is 3.26.